The van der Waals surface area contributed by atoms with E-state index in [0.29, 0.717) is 37.5 Å². The Morgan fingerprint density at radius 1 is 1.24 bits per heavy atom. The Morgan fingerprint density at radius 3 is 2.73 bits per heavy atom. The second kappa shape index (κ2) is 8.40. The van der Waals surface area contributed by atoms with Crippen molar-refractivity contribution in [3.63, 3.8) is 0 Å². The van der Waals surface area contributed by atoms with E-state index < -0.39 is 11.6 Å². The number of imidazole rings is 1. The molecule has 33 heavy (non-hydrogen) atoms. The number of nitrogens with zero attached hydrogens (tertiary/aromatic N) is 4. The van der Waals surface area contributed by atoms with Gasteiger partial charge in [0.05, 0.1) is 35.9 Å². The van der Waals surface area contributed by atoms with E-state index in [1.807, 2.05) is 29.7 Å². The molecule has 1 amide bonds. The number of carbonyl (C=O) groups is 1. The Balaban J connectivity index is 1.61. The molecule has 1 unspecified atom stereocenters. The zero-order valence-electron chi connectivity index (χ0n) is 18.2. The maximum absolute atomic E-state index is 15.3. The SMILES string of the molecule is CC(=O)N1CCOC(Cc2c(-c3c(F)cc(-c4ncco4)cc3F)nc3cc(C)ccn23)C1. The van der Waals surface area contributed by atoms with Crippen LogP contribution < -0.4 is 0 Å². The second-order valence-corrected chi connectivity index (χ2v) is 8.15. The molecule has 0 spiro atoms. The van der Waals surface area contributed by atoms with E-state index in [4.69, 9.17) is 9.15 Å². The predicted octanol–water partition coefficient (Wildman–Crippen LogP) is 4.03. The van der Waals surface area contributed by atoms with Gasteiger partial charge in [0.1, 0.15) is 23.5 Å². The van der Waals surface area contributed by atoms with Crippen LogP contribution in [0.5, 0.6) is 0 Å². The Labute approximate surface area is 188 Å². The number of aryl methyl sites for hydroxylation is 1. The lowest BCUT2D eigenvalue weighted by atomic mass is 10.0. The molecule has 1 aliphatic rings. The molecule has 1 aliphatic heterocycles. The van der Waals surface area contributed by atoms with Gasteiger partial charge in [0.25, 0.3) is 0 Å². The fourth-order valence-electron chi connectivity index (χ4n) is 4.23. The van der Waals surface area contributed by atoms with E-state index in [0.717, 1.165) is 5.56 Å². The van der Waals surface area contributed by atoms with Gasteiger partial charge in [-0.1, -0.05) is 0 Å². The molecule has 3 aromatic heterocycles. The summed E-state index contributed by atoms with van der Waals surface area (Å²) in [6, 6.07) is 6.15. The third-order valence-corrected chi connectivity index (χ3v) is 5.84. The summed E-state index contributed by atoms with van der Waals surface area (Å²) in [7, 11) is 0. The number of aromatic nitrogens is 3. The summed E-state index contributed by atoms with van der Waals surface area (Å²) in [5.41, 5.74) is 2.35. The van der Waals surface area contributed by atoms with Gasteiger partial charge in [0.15, 0.2) is 0 Å². The van der Waals surface area contributed by atoms with Crippen LogP contribution in [0, 0.1) is 18.6 Å². The number of hydrogen-bond donors (Lipinski definition) is 0. The number of benzene rings is 1. The Hall–Kier alpha value is -3.59. The smallest absolute Gasteiger partial charge is 0.226 e. The Kier molecular flexibility index (Phi) is 5.41. The first-order chi connectivity index (χ1) is 15.9. The molecule has 1 aromatic carbocycles. The number of fused-ring (bicyclic) bond motifs is 1. The van der Waals surface area contributed by atoms with Crippen LogP contribution in [0.15, 0.2) is 47.3 Å². The minimum Gasteiger partial charge on any atom is -0.445 e. The fraction of sp³-hybridized carbons (Fsp3) is 0.292. The molecule has 1 atom stereocenters. The lowest BCUT2D eigenvalue weighted by Gasteiger charge is -2.32. The summed E-state index contributed by atoms with van der Waals surface area (Å²) in [6.45, 7) is 4.78. The summed E-state index contributed by atoms with van der Waals surface area (Å²) in [4.78, 5) is 22.1. The standard InChI is InChI=1S/C24H22F2N4O3/c1-14-3-5-30-20(12-17-13-29(15(2)31)6-8-32-17)23(28-21(30)9-14)22-18(25)10-16(11-19(22)26)24-27-4-7-33-24/h3-5,7,9-11,17H,6,8,12-13H2,1-2H3. The minimum absolute atomic E-state index is 0.0310. The molecule has 1 saturated heterocycles. The van der Waals surface area contributed by atoms with E-state index in [1.165, 1.54) is 31.5 Å². The van der Waals surface area contributed by atoms with Gasteiger partial charge in [-0.15, -0.1) is 0 Å². The second-order valence-electron chi connectivity index (χ2n) is 8.15. The summed E-state index contributed by atoms with van der Waals surface area (Å²) in [5.74, 6) is -1.43. The first-order valence-corrected chi connectivity index (χ1v) is 10.6. The number of amides is 1. The van der Waals surface area contributed by atoms with E-state index in [2.05, 4.69) is 9.97 Å². The van der Waals surface area contributed by atoms with Crippen LogP contribution in [-0.4, -0.2) is 51.0 Å². The molecule has 0 saturated carbocycles. The molecule has 0 N–H and O–H groups in total. The molecule has 9 heteroatoms. The van der Waals surface area contributed by atoms with Crippen LogP contribution >= 0.6 is 0 Å². The van der Waals surface area contributed by atoms with E-state index in [-0.39, 0.29) is 34.7 Å². The average molecular weight is 452 g/mol. The molecular formula is C24H22F2N4O3. The number of pyridine rings is 1. The minimum atomic E-state index is -0.764. The van der Waals surface area contributed by atoms with Gasteiger partial charge in [-0.2, -0.15) is 0 Å². The van der Waals surface area contributed by atoms with Crippen molar-refractivity contribution >= 4 is 11.6 Å². The van der Waals surface area contributed by atoms with Crippen molar-refractivity contribution in [2.24, 2.45) is 0 Å². The number of rotatable bonds is 4. The highest BCUT2D eigenvalue weighted by Crippen LogP contribution is 2.34. The van der Waals surface area contributed by atoms with Gasteiger partial charge in [0, 0.05) is 38.2 Å². The van der Waals surface area contributed by atoms with Crippen molar-refractivity contribution in [3.8, 4) is 22.7 Å². The molecule has 1 fully saturated rings. The molecule has 0 radical (unpaired) electrons. The maximum atomic E-state index is 15.3. The highest BCUT2D eigenvalue weighted by molar-refractivity contribution is 5.73. The third kappa shape index (κ3) is 4.00. The number of halogens is 2. The number of ether oxygens (including phenoxy) is 1. The first-order valence-electron chi connectivity index (χ1n) is 10.6. The summed E-state index contributed by atoms with van der Waals surface area (Å²) >= 11 is 0. The fourth-order valence-corrected chi connectivity index (χ4v) is 4.23. The molecule has 0 aliphatic carbocycles. The molecule has 4 heterocycles. The van der Waals surface area contributed by atoms with Gasteiger partial charge in [-0.05, 0) is 36.8 Å². The van der Waals surface area contributed by atoms with Crippen LogP contribution in [0.2, 0.25) is 0 Å². The van der Waals surface area contributed by atoms with Crippen molar-refractivity contribution in [3.05, 3.63) is 65.8 Å². The highest BCUT2D eigenvalue weighted by Gasteiger charge is 2.28. The zero-order chi connectivity index (χ0) is 23.1. The normalized spacial score (nSPS) is 16.5. The zero-order valence-corrected chi connectivity index (χ0v) is 18.2. The van der Waals surface area contributed by atoms with Crippen LogP contribution in [0.25, 0.3) is 28.4 Å². The molecule has 170 valence electrons. The van der Waals surface area contributed by atoms with Gasteiger partial charge in [-0.25, -0.2) is 18.7 Å². The van der Waals surface area contributed by atoms with Crippen LogP contribution in [0.1, 0.15) is 18.2 Å². The van der Waals surface area contributed by atoms with Crippen LogP contribution in [-0.2, 0) is 16.0 Å². The van der Waals surface area contributed by atoms with Gasteiger partial charge in [-0.3, -0.25) is 4.79 Å². The number of carbonyl (C=O) groups excluding carboxylic acids is 1. The molecule has 0 bridgehead atoms. The van der Waals surface area contributed by atoms with E-state index in [9.17, 15) is 4.79 Å². The highest BCUT2D eigenvalue weighted by atomic mass is 19.1. The van der Waals surface area contributed by atoms with Gasteiger partial charge >= 0.3 is 0 Å². The Bertz CT molecular complexity index is 1310. The topological polar surface area (TPSA) is 72.9 Å². The monoisotopic (exact) mass is 452 g/mol. The lowest BCUT2D eigenvalue weighted by molar-refractivity contribution is -0.136. The summed E-state index contributed by atoms with van der Waals surface area (Å²) < 4.78 is 43.4. The van der Waals surface area contributed by atoms with E-state index >= 15 is 8.78 Å². The van der Waals surface area contributed by atoms with Gasteiger partial charge in [0.2, 0.25) is 11.8 Å². The molecular weight excluding hydrogens is 430 g/mol. The van der Waals surface area contributed by atoms with Crippen LogP contribution in [0.4, 0.5) is 8.78 Å². The first kappa shape index (κ1) is 21.3. The third-order valence-electron chi connectivity index (χ3n) is 5.84. The summed E-state index contributed by atoms with van der Waals surface area (Å²) in [6.07, 6.45) is 4.61. The molecule has 4 aromatic rings. The number of morpholine rings is 1. The van der Waals surface area contributed by atoms with Crippen molar-refractivity contribution in [1.82, 2.24) is 19.3 Å². The number of oxazole rings is 1. The van der Waals surface area contributed by atoms with E-state index in [1.54, 1.807) is 4.90 Å². The maximum Gasteiger partial charge on any atom is 0.226 e. The molecule has 5 rings (SSSR count). The lowest BCUT2D eigenvalue weighted by Crippen LogP contribution is -2.45. The quantitative estimate of drug-likeness (QED) is 0.468. The number of hydrogen-bond acceptors (Lipinski definition) is 5. The van der Waals surface area contributed by atoms with Crippen LogP contribution in [0.3, 0.4) is 0 Å². The summed E-state index contributed by atoms with van der Waals surface area (Å²) in [5, 5.41) is 0. The molecule has 7 nitrogen and oxygen atoms in total. The average Bonchev–Trinajstić information content (AvgIpc) is 3.42. The van der Waals surface area contributed by atoms with Crippen molar-refractivity contribution in [1.29, 1.82) is 0 Å². The predicted molar refractivity (Wildman–Crippen MR) is 116 cm³/mol. The largest absolute Gasteiger partial charge is 0.445 e. The van der Waals surface area contributed by atoms with Crippen molar-refractivity contribution < 1.29 is 22.7 Å². The van der Waals surface area contributed by atoms with Crippen molar-refractivity contribution in [2.45, 2.75) is 26.4 Å². The van der Waals surface area contributed by atoms with Crippen molar-refractivity contribution in [2.75, 3.05) is 19.7 Å². The van der Waals surface area contributed by atoms with Gasteiger partial charge < -0.3 is 18.5 Å². The Morgan fingerprint density at radius 2 is 2.03 bits per heavy atom.